The number of nitriles is 1. The molecule has 1 rings (SSSR count). The van der Waals surface area contributed by atoms with E-state index >= 15 is 0 Å². The number of alkyl halides is 3. The number of amides is 1. The van der Waals surface area contributed by atoms with Gasteiger partial charge in [-0.05, 0) is 6.07 Å². The zero-order chi connectivity index (χ0) is 14.6. The summed E-state index contributed by atoms with van der Waals surface area (Å²) in [5, 5.41) is 10.4. The zero-order valence-corrected chi connectivity index (χ0v) is 9.26. The molecule has 0 spiro atoms. The minimum absolute atomic E-state index is 0.403. The molecule has 0 aliphatic carbocycles. The van der Waals surface area contributed by atoms with Crippen molar-refractivity contribution in [2.75, 3.05) is 0 Å². The summed E-state index contributed by atoms with van der Waals surface area (Å²) >= 11 is 0. The summed E-state index contributed by atoms with van der Waals surface area (Å²) in [5.41, 5.74) is -0.403. The number of rotatable bonds is 3. The van der Waals surface area contributed by atoms with Crippen LogP contribution in [-0.4, -0.2) is 12.1 Å². The number of carbonyl (C=O) groups is 1. The SMILES string of the molecule is N#C[C@@H](NC(=O)CC(F)(F)F)c1ccc(F)cc1F. The fourth-order valence-electron chi connectivity index (χ4n) is 1.31. The Morgan fingerprint density at radius 1 is 1.37 bits per heavy atom. The highest BCUT2D eigenvalue weighted by Gasteiger charge is 2.32. The minimum Gasteiger partial charge on any atom is -0.336 e. The van der Waals surface area contributed by atoms with E-state index in [1.807, 2.05) is 0 Å². The standard InChI is InChI=1S/C11H7F5N2O/c12-6-1-2-7(8(13)3-6)9(5-17)18-10(19)4-11(14,15)16/h1-3,9H,4H2,(H,18,19)/t9-/m1/s1. The van der Waals surface area contributed by atoms with E-state index in [9.17, 15) is 26.7 Å². The smallest absolute Gasteiger partial charge is 0.336 e. The van der Waals surface area contributed by atoms with Crippen LogP contribution in [-0.2, 0) is 4.79 Å². The van der Waals surface area contributed by atoms with Crippen molar-refractivity contribution in [1.29, 1.82) is 5.26 Å². The third-order valence-electron chi connectivity index (χ3n) is 2.07. The first-order chi connectivity index (χ1) is 8.73. The van der Waals surface area contributed by atoms with Gasteiger partial charge in [-0.2, -0.15) is 18.4 Å². The van der Waals surface area contributed by atoms with Crippen molar-refractivity contribution < 1.29 is 26.7 Å². The van der Waals surface area contributed by atoms with E-state index in [0.29, 0.717) is 6.07 Å². The molecule has 0 aliphatic heterocycles. The molecular formula is C11H7F5N2O. The van der Waals surface area contributed by atoms with Gasteiger partial charge in [0.1, 0.15) is 24.1 Å². The van der Waals surface area contributed by atoms with Crippen molar-refractivity contribution in [2.24, 2.45) is 0 Å². The van der Waals surface area contributed by atoms with Gasteiger partial charge in [0.05, 0.1) is 6.07 Å². The van der Waals surface area contributed by atoms with Crippen LogP contribution < -0.4 is 5.32 Å². The number of nitrogens with zero attached hydrogens (tertiary/aromatic N) is 1. The van der Waals surface area contributed by atoms with E-state index in [2.05, 4.69) is 0 Å². The normalized spacial score (nSPS) is 12.6. The molecule has 0 aromatic heterocycles. The fourth-order valence-corrected chi connectivity index (χ4v) is 1.31. The Bertz CT molecular complexity index is 521. The van der Waals surface area contributed by atoms with E-state index in [4.69, 9.17) is 5.26 Å². The average Bonchev–Trinajstić information content (AvgIpc) is 2.24. The molecule has 0 saturated heterocycles. The van der Waals surface area contributed by atoms with Crippen molar-refractivity contribution in [3.63, 3.8) is 0 Å². The number of hydrogen-bond donors (Lipinski definition) is 1. The van der Waals surface area contributed by atoms with Crippen molar-refractivity contribution in [1.82, 2.24) is 5.32 Å². The van der Waals surface area contributed by atoms with Gasteiger partial charge in [0.25, 0.3) is 0 Å². The van der Waals surface area contributed by atoms with E-state index in [1.165, 1.54) is 6.07 Å². The molecule has 1 N–H and O–H groups in total. The minimum atomic E-state index is -4.73. The highest BCUT2D eigenvalue weighted by atomic mass is 19.4. The molecule has 1 aromatic rings. The fraction of sp³-hybridized carbons (Fsp3) is 0.273. The second-order valence-corrected chi connectivity index (χ2v) is 3.59. The van der Waals surface area contributed by atoms with Crippen molar-refractivity contribution in [3.8, 4) is 6.07 Å². The van der Waals surface area contributed by atoms with Crippen LogP contribution in [0.2, 0.25) is 0 Å². The second kappa shape index (κ2) is 5.65. The lowest BCUT2D eigenvalue weighted by Crippen LogP contribution is -2.31. The topological polar surface area (TPSA) is 52.9 Å². The van der Waals surface area contributed by atoms with Gasteiger partial charge in [-0.1, -0.05) is 6.07 Å². The highest BCUT2D eigenvalue weighted by molar-refractivity contribution is 5.77. The molecule has 0 radical (unpaired) electrons. The van der Waals surface area contributed by atoms with Crippen LogP contribution >= 0.6 is 0 Å². The van der Waals surface area contributed by atoms with Crippen LogP contribution in [0.5, 0.6) is 0 Å². The zero-order valence-electron chi connectivity index (χ0n) is 9.26. The predicted molar refractivity (Wildman–Crippen MR) is 53.5 cm³/mol. The first-order valence-corrected chi connectivity index (χ1v) is 4.93. The molecule has 0 heterocycles. The maximum Gasteiger partial charge on any atom is 0.397 e. The van der Waals surface area contributed by atoms with Crippen LogP contribution in [0.4, 0.5) is 22.0 Å². The van der Waals surface area contributed by atoms with Gasteiger partial charge in [-0.15, -0.1) is 0 Å². The summed E-state index contributed by atoms with van der Waals surface area (Å²) in [5.74, 6) is -3.50. The van der Waals surface area contributed by atoms with Gasteiger partial charge in [0, 0.05) is 11.6 Å². The molecule has 0 bridgehead atoms. The molecule has 0 unspecified atom stereocenters. The van der Waals surface area contributed by atoms with E-state index in [1.54, 1.807) is 5.32 Å². The number of nitrogens with one attached hydrogen (secondary N) is 1. The van der Waals surface area contributed by atoms with Crippen molar-refractivity contribution >= 4 is 5.91 Å². The number of halogens is 5. The summed E-state index contributed by atoms with van der Waals surface area (Å²) in [6.45, 7) is 0. The Labute approximate surface area is 104 Å². The summed E-state index contributed by atoms with van der Waals surface area (Å²) in [4.78, 5) is 11.0. The Balaban J connectivity index is 2.85. The third kappa shape index (κ3) is 4.54. The Kier molecular flexibility index (Phi) is 4.43. The molecular weight excluding hydrogens is 271 g/mol. The largest absolute Gasteiger partial charge is 0.397 e. The third-order valence-corrected chi connectivity index (χ3v) is 2.07. The predicted octanol–water partition coefficient (Wildman–Crippen LogP) is 2.60. The summed E-state index contributed by atoms with van der Waals surface area (Å²) < 4.78 is 61.7. The number of hydrogen-bond acceptors (Lipinski definition) is 2. The number of benzene rings is 1. The van der Waals surface area contributed by atoms with Crippen LogP contribution in [0, 0.1) is 23.0 Å². The molecule has 3 nitrogen and oxygen atoms in total. The highest BCUT2D eigenvalue weighted by Crippen LogP contribution is 2.21. The Morgan fingerprint density at radius 3 is 2.47 bits per heavy atom. The summed E-state index contributed by atoms with van der Waals surface area (Å²) in [7, 11) is 0. The second-order valence-electron chi connectivity index (χ2n) is 3.59. The van der Waals surface area contributed by atoms with E-state index < -0.39 is 41.7 Å². The number of carbonyl (C=O) groups excluding carboxylic acids is 1. The molecule has 102 valence electrons. The van der Waals surface area contributed by atoms with Gasteiger partial charge < -0.3 is 5.32 Å². The van der Waals surface area contributed by atoms with Crippen LogP contribution in [0.15, 0.2) is 18.2 Å². The van der Waals surface area contributed by atoms with E-state index in [-0.39, 0.29) is 0 Å². The van der Waals surface area contributed by atoms with Crippen LogP contribution in [0.3, 0.4) is 0 Å². The maximum absolute atomic E-state index is 13.3. The lowest BCUT2D eigenvalue weighted by molar-refractivity contribution is -0.154. The monoisotopic (exact) mass is 278 g/mol. The quantitative estimate of drug-likeness (QED) is 0.864. The first-order valence-electron chi connectivity index (χ1n) is 4.93. The maximum atomic E-state index is 13.3. The van der Waals surface area contributed by atoms with E-state index in [0.717, 1.165) is 12.1 Å². The van der Waals surface area contributed by atoms with Crippen LogP contribution in [0.1, 0.15) is 18.0 Å². The Hall–Kier alpha value is -2.17. The average molecular weight is 278 g/mol. The lowest BCUT2D eigenvalue weighted by Gasteiger charge is -2.13. The van der Waals surface area contributed by atoms with Gasteiger partial charge in [0.2, 0.25) is 5.91 Å². The first kappa shape index (κ1) is 14.9. The Morgan fingerprint density at radius 2 is 2.00 bits per heavy atom. The molecule has 1 atom stereocenters. The molecule has 1 amide bonds. The molecule has 19 heavy (non-hydrogen) atoms. The summed E-state index contributed by atoms with van der Waals surface area (Å²) in [6, 6.07) is 2.00. The van der Waals surface area contributed by atoms with Crippen LogP contribution in [0.25, 0.3) is 0 Å². The molecule has 8 heteroatoms. The molecule has 0 saturated carbocycles. The van der Waals surface area contributed by atoms with Gasteiger partial charge in [-0.25, -0.2) is 8.78 Å². The molecule has 0 fully saturated rings. The van der Waals surface area contributed by atoms with Gasteiger partial charge in [0.15, 0.2) is 0 Å². The van der Waals surface area contributed by atoms with Gasteiger partial charge >= 0.3 is 6.18 Å². The van der Waals surface area contributed by atoms with Crippen molar-refractivity contribution in [2.45, 2.75) is 18.6 Å². The van der Waals surface area contributed by atoms with Crippen molar-refractivity contribution in [3.05, 3.63) is 35.4 Å². The summed E-state index contributed by atoms with van der Waals surface area (Å²) in [6.07, 6.45) is -6.51. The van der Waals surface area contributed by atoms with Gasteiger partial charge in [-0.3, -0.25) is 4.79 Å². The molecule has 1 aromatic carbocycles. The molecule has 0 aliphatic rings. The lowest BCUT2D eigenvalue weighted by atomic mass is 10.1.